The fourth-order valence-corrected chi connectivity index (χ4v) is 1.49. The lowest BCUT2D eigenvalue weighted by Gasteiger charge is -2.16. The van der Waals surface area contributed by atoms with E-state index in [9.17, 15) is 4.79 Å². The van der Waals surface area contributed by atoms with Gasteiger partial charge >= 0.3 is 5.97 Å². The minimum atomic E-state index is -0.336. The van der Waals surface area contributed by atoms with Crippen LogP contribution in [0.4, 0.5) is 0 Å². The van der Waals surface area contributed by atoms with Crippen LogP contribution in [0.1, 0.15) is 19.8 Å². The maximum Gasteiger partial charge on any atom is 0.336 e. The predicted molar refractivity (Wildman–Crippen MR) is 53.9 cm³/mol. The van der Waals surface area contributed by atoms with Gasteiger partial charge in [0.25, 0.3) is 0 Å². The van der Waals surface area contributed by atoms with Crippen molar-refractivity contribution in [1.29, 1.82) is 0 Å². The molecular formula is C11H16O3. The topological polar surface area (TPSA) is 35.5 Å². The van der Waals surface area contributed by atoms with Crippen molar-refractivity contribution in [1.82, 2.24) is 0 Å². The van der Waals surface area contributed by atoms with Gasteiger partial charge in [0.2, 0.25) is 0 Å². The first-order chi connectivity index (χ1) is 6.70. The van der Waals surface area contributed by atoms with Gasteiger partial charge in [-0.2, -0.15) is 0 Å². The summed E-state index contributed by atoms with van der Waals surface area (Å²) in [6, 6.07) is 0. The minimum Gasteiger partial charge on any atom is -0.456 e. The normalized spacial score (nSPS) is 26.4. The van der Waals surface area contributed by atoms with Gasteiger partial charge in [-0.25, -0.2) is 4.79 Å². The van der Waals surface area contributed by atoms with E-state index in [1.165, 1.54) is 0 Å². The Morgan fingerprint density at radius 1 is 1.64 bits per heavy atom. The number of rotatable bonds is 5. The van der Waals surface area contributed by atoms with Crippen molar-refractivity contribution in [3.05, 3.63) is 24.8 Å². The van der Waals surface area contributed by atoms with Crippen molar-refractivity contribution in [2.75, 3.05) is 6.61 Å². The van der Waals surface area contributed by atoms with Gasteiger partial charge in [0.15, 0.2) is 0 Å². The molecule has 0 spiro atoms. The Kier molecular flexibility index (Phi) is 3.89. The van der Waals surface area contributed by atoms with Crippen LogP contribution >= 0.6 is 0 Å². The number of esters is 1. The summed E-state index contributed by atoms with van der Waals surface area (Å²) in [5.41, 5.74) is 0.422. The van der Waals surface area contributed by atoms with E-state index in [0.717, 1.165) is 12.8 Å². The second-order valence-electron chi connectivity index (χ2n) is 3.30. The Balaban J connectivity index is 2.60. The van der Waals surface area contributed by atoms with Crippen LogP contribution in [0, 0.1) is 0 Å². The Labute approximate surface area is 84.4 Å². The summed E-state index contributed by atoms with van der Waals surface area (Å²) in [5, 5.41) is 0. The second-order valence-corrected chi connectivity index (χ2v) is 3.30. The van der Waals surface area contributed by atoms with Crippen molar-refractivity contribution < 1.29 is 14.3 Å². The minimum absolute atomic E-state index is 0.167. The van der Waals surface area contributed by atoms with Gasteiger partial charge in [-0.15, -0.1) is 6.58 Å². The molecule has 3 nitrogen and oxygen atoms in total. The Hall–Kier alpha value is -1.09. The quantitative estimate of drug-likeness (QED) is 0.382. The van der Waals surface area contributed by atoms with Gasteiger partial charge < -0.3 is 9.47 Å². The van der Waals surface area contributed by atoms with Gasteiger partial charge in [0, 0.05) is 0 Å². The van der Waals surface area contributed by atoms with E-state index in [4.69, 9.17) is 9.47 Å². The zero-order valence-electron chi connectivity index (χ0n) is 8.49. The molecule has 1 heterocycles. The third-order valence-electron chi connectivity index (χ3n) is 2.17. The molecular weight excluding hydrogens is 180 g/mol. The molecule has 3 heteroatoms. The number of hydrogen-bond acceptors (Lipinski definition) is 3. The van der Waals surface area contributed by atoms with Crippen molar-refractivity contribution in [2.24, 2.45) is 0 Å². The molecule has 1 saturated heterocycles. The molecule has 0 bridgehead atoms. The van der Waals surface area contributed by atoms with E-state index in [1.807, 2.05) is 6.92 Å². The fraction of sp³-hybridized carbons (Fsp3) is 0.545. The van der Waals surface area contributed by atoms with Gasteiger partial charge in [0.1, 0.15) is 12.2 Å². The van der Waals surface area contributed by atoms with Crippen molar-refractivity contribution >= 4 is 5.97 Å². The highest BCUT2D eigenvalue weighted by atomic mass is 16.6. The first kappa shape index (κ1) is 11.0. The van der Waals surface area contributed by atoms with Crippen molar-refractivity contribution in [2.45, 2.75) is 32.0 Å². The summed E-state index contributed by atoms with van der Waals surface area (Å²) in [7, 11) is 0. The monoisotopic (exact) mass is 196 g/mol. The molecule has 0 aromatic heterocycles. The van der Waals surface area contributed by atoms with Crippen molar-refractivity contribution in [3.63, 3.8) is 0 Å². The molecule has 1 fully saturated rings. The third-order valence-corrected chi connectivity index (χ3v) is 2.17. The van der Waals surface area contributed by atoms with Crippen LogP contribution in [0.3, 0.4) is 0 Å². The summed E-state index contributed by atoms with van der Waals surface area (Å²) in [4.78, 5) is 11.2. The lowest BCUT2D eigenvalue weighted by atomic mass is 10.1. The predicted octanol–water partition coefficient (Wildman–Crippen LogP) is 1.84. The van der Waals surface area contributed by atoms with E-state index >= 15 is 0 Å². The van der Waals surface area contributed by atoms with Gasteiger partial charge in [-0.1, -0.05) is 26.0 Å². The highest BCUT2D eigenvalue weighted by molar-refractivity contribution is 5.91. The first-order valence-electron chi connectivity index (χ1n) is 4.83. The Bertz CT molecular complexity index is 245. The van der Waals surface area contributed by atoms with Crippen LogP contribution in [0.5, 0.6) is 0 Å². The van der Waals surface area contributed by atoms with Crippen LogP contribution in [0.2, 0.25) is 0 Å². The number of cyclic esters (lactones) is 1. The molecule has 78 valence electrons. The summed E-state index contributed by atoms with van der Waals surface area (Å²) >= 11 is 0. The zero-order valence-corrected chi connectivity index (χ0v) is 8.49. The number of carbonyl (C=O) groups is 1. The highest BCUT2D eigenvalue weighted by Crippen LogP contribution is 2.25. The Morgan fingerprint density at radius 3 is 2.93 bits per heavy atom. The molecule has 2 atom stereocenters. The molecule has 1 rings (SSSR count). The SMILES string of the molecule is C=CCOC1C(=C)C(=O)O[C@H]1CCC. The van der Waals surface area contributed by atoms with Crippen LogP contribution in [0.25, 0.3) is 0 Å². The van der Waals surface area contributed by atoms with E-state index < -0.39 is 0 Å². The molecule has 1 aliphatic heterocycles. The van der Waals surface area contributed by atoms with E-state index in [-0.39, 0.29) is 18.2 Å². The van der Waals surface area contributed by atoms with E-state index in [0.29, 0.717) is 12.2 Å². The number of hydrogen-bond donors (Lipinski definition) is 0. The maximum atomic E-state index is 11.2. The van der Waals surface area contributed by atoms with Gasteiger partial charge in [0.05, 0.1) is 12.2 Å². The zero-order chi connectivity index (χ0) is 10.6. The highest BCUT2D eigenvalue weighted by Gasteiger charge is 2.38. The average molecular weight is 196 g/mol. The van der Waals surface area contributed by atoms with Crippen LogP contribution in [0.15, 0.2) is 24.8 Å². The van der Waals surface area contributed by atoms with Crippen molar-refractivity contribution in [3.8, 4) is 0 Å². The van der Waals surface area contributed by atoms with Crippen LogP contribution < -0.4 is 0 Å². The summed E-state index contributed by atoms with van der Waals surface area (Å²) in [6.07, 6.45) is 2.96. The van der Waals surface area contributed by atoms with E-state index in [2.05, 4.69) is 13.2 Å². The smallest absolute Gasteiger partial charge is 0.336 e. The largest absolute Gasteiger partial charge is 0.456 e. The molecule has 0 N–H and O–H groups in total. The summed E-state index contributed by atoms with van der Waals surface area (Å²) < 4.78 is 10.6. The first-order valence-corrected chi connectivity index (χ1v) is 4.83. The van der Waals surface area contributed by atoms with E-state index in [1.54, 1.807) is 6.08 Å². The number of ether oxygens (including phenoxy) is 2. The summed E-state index contributed by atoms with van der Waals surface area (Å²) in [5.74, 6) is -0.336. The third kappa shape index (κ3) is 2.23. The molecule has 0 aromatic rings. The molecule has 1 aliphatic rings. The maximum absolute atomic E-state index is 11.2. The molecule has 0 aliphatic carbocycles. The fourth-order valence-electron chi connectivity index (χ4n) is 1.49. The molecule has 0 saturated carbocycles. The molecule has 1 unspecified atom stereocenters. The summed E-state index contributed by atoms with van der Waals surface area (Å²) in [6.45, 7) is 9.68. The molecule has 0 radical (unpaired) electrons. The van der Waals surface area contributed by atoms with Gasteiger partial charge in [-0.05, 0) is 6.42 Å². The number of carbonyl (C=O) groups excluding carboxylic acids is 1. The lowest BCUT2D eigenvalue weighted by molar-refractivity contribution is -0.140. The molecule has 0 aromatic carbocycles. The van der Waals surface area contributed by atoms with Gasteiger partial charge in [-0.3, -0.25) is 0 Å². The second kappa shape index (κ2) is 4.96. The lowest BCUT2D eigenvalue weighted by Crippen LogP contribution is -2.25. The Morgan fingerprint density at radius 2 is 2.36 bits per heavy atom. The van der Waals surface area contributed by atoms with Crippen LogP contribution in [-0.4, -0.2) is 24.8 Å². The average Bonchev–Trinajstić information content (AvgIpc) is 2.42. The standard InChI is InChI=1S/C11H16O3/c1-4-6-9-10(13-7-5-2)8(3)11(12)14-9/h5,9-10H,2-4,6-7H2,1H3/t9-,10?/m0/s1. The van der Waals surface area contributed by atoms with Crippen LogP contribution in [-0.2, 0) is 14.3 Å². The molecule has 14 heavy (non-hydrogen) atoms. The molecule has 0 amide bonds.